The Balaban J connectivity index is 2.58. The summed E-state index contributed by atoms with van der Waals surface area (Å²) in [5, 5.41) is 2.66. The number of carbonyl (C=O) groups is 1. The van der Waals surface area contributed by atoms with Gasteiger partial charge in [0.15, 0.2) is 0 Å². The first-order chi connectivity index (χ1) is 9.02. The number of nitrogens with two attached hydrogens (primary N) is 1. The highest BCUT2D eigenvalue weighted by Gasteiger charge is 2.13. The third kappa shape index (κ3) is 5.65. The van der Waals surface area contributed by atoms with Gasteiger partial charge < -0.3 is 15.8 Å². The van der Waals surface area contributed by atoms with E-state index < -0.39 is 6.61 Å². The fourth-order valence-corrected chi connectivity index (χ4v) is 1.57. The minimum Gasteiger partial charge on any atom is -0.435 e. The van der Waals surface area contributed by atoms with E-state index in [1.807, 2.05) is 0 Å². The summed E-state index contributed by atoms with van der Waals surface area (Å²) in [6, 6.07) is 5.92. The van der Waals surface area contributed by atoms with E-state index in [4.69, 9.17) is 5.73 Å². The van der Waals surface area contributed by atoms with Gasteiger partial charge >= 0.3 is 6.61 Å². The summed E-state index contributed by atoms with van der Waals surface area (Å²) >= 11 is 0. The van der Waals surface area contributed by atoms with Crippen molar-refractivity contribution >= 4 is 11.6 Å². The van der Waals surface area contributed by atoms with Gasteiger partial charge in [-0.25, -0.2) is 0 Å². The maximum atomic E-state index is 12.1. The molecule has 3 N–H and O–H groups in total. The molecule has 0 radical (unpaired) electrons. The van der Waals surface area contributed by atoms with Crippen molar-refractivity contribution in [3.8, 4) is 5.75 Å². The number of halogens is 2. The number of carbonyl (C=O) groups excluding carboxylic acids is 1. The van der Waals surface area contributed by atoms with Crippen molar-refractivity contribution in [1.82, 2.24) is 0 Å². The van der Waals surface area contributed by atoms with Gasteiger partial charge in [-0.1, -0.05) is 13.0 Å². The SMILES string of the molecule is CC(CCCN)C(=O)Nc1cccc(OC(F)F)c1. The van der Waals surface area contributed by atoms with Gasteiger partial charge in [-0.05, 0) is 31.5 Å². The fourth-order valence-electron chi connectivity index (χ4n) is 1.57. The van der Waals surface area contributed by atoms with Gasteiger partial charge in [0.05, 0.1) is 0 Å². The van der Waals surface area contributed by atoms with E-state index in [1.165, 1.54) is 18.2 Å². The normalized spacial score (nSPS) is 12.3. The zero-order chi connectivity index (χ0) is 14.3. The topological polar surface area (TPSA) is 64.4 Å². The van der Waals surface area contributed by atoms with Gasteiger partial charge in [0, 0.05) is 17.7 Å². The molecule has 0 bridgehead atoms. The molecule has 6 heteroatoms. The number of benzene rings is 1. The summed E-state index contributed by atoms with van der Waals surface area (Å²) in [5.74, 6) is -0.326. The van der Waals surface area contributed by atoms with Crippen LogP contribution < -0.4 is 15.8 Å². The quantitative estimate of drug-likeness (QED) is 0.802. The second-order valence-electron chi connectivity index (χ2n) is 4.23. The molecule has 0 aliphatic heterocycles. The van der Waals surface area contributed by atoms with Crippen molar-refractivity contribution in [3.05, 3.63) is 24.3 Å². The van der Waals surface area contributed by atoms with E-state index in [-0.39, 0.29) is 17.6 Å². The second-order valence-corrected chi connectivity index (χ2v) is 4.23. The zero-order valence-corrected chi connectivity index (χ0v) is 10.7. The number of anilines is 1. The smallest absolute Gasteiger partial charge is 0.387 e. The van der Waals surface area contributed by atoms with Crippen molar-refractivity contribution < 1.29 is 18.3 Å². The molecule has 0 aliphatic carbocycles. The highest BCUT2D eigenvalue weighted by Crippen LogP contribution is 2.20. The maximum absolute atomic E-state index is 12.1. The Bertz CT molecular complexity index is 413. The third-order valence-electron chi connectivity index (χ3n) is 2.62. The number of nitrogens with one attached hydrogen (secondary N) is 1. The highest BCUT2D eigenvalue weighted by molar-refractivity contribution is 5.92. The van der Waals surface area contributed by atoms with E-state index in [1.54, 1.807) is 13.0 Å². The summed E-state index contributed by atoms with van der Waals surface area (Å²) in [4.78, 5) is 11.8. The molecule has 0 aromatic heterocycles. The van der Waals surface area contributed by atoms with Crippen LogP contribution >= 0.6 is 0 Å². The Labute approximate surface area is 110 Å². The lowest BCUT2D eigenvalue weighted by molar-refractivity contribution is -0.119. The lowest BCUT2D eigenvalue weighted by Gasteiger charge is -2.12. The van der Waals surface area contributed by atoms with Crippen molar-refractivity contribution in [2.75, 3.05) is 11.9 Å². The number of hydrogen-bond donors (Lipinski definition) is 2. The van der Waals surface area contributed by atoms with E-state index in [2.05, 4.69) is 10.1 Å². The Morgan fingerprint density at radius 2 is 2.21 bits per heavy atom. The largest absolute Gasteiger partial charge is 0.435 e. The highest BCUT2D eigenvalue weighted by atomic mass is 19.3. The van der Waals surface area contributed by atoms with Crippen LogP contribution in [0.1, 0.15) is 19.8 Å². The van der Waals surface area contributed by atoms with Crippen LogP contribution in [0.25, 0.3) is 0 Å². The first kappa shape index (κ1) is 15.4. The number of rotatable bonds is 7. The molecule has 1 rings (SSSR count). The van der Waals surface area contributed by atoms with Crippen molar-refractivity contribution in [1.29, 1.82) is 0 Å². The minimum atomic E-state index is -2.88. The fraction of sp³-hybridized carbons (Fsp3) is 0.462. The number of amides is 1. The van der Waals surface area contributed by atoms with Gasteiger partial charge in [0.2, 0.25) is 5.91 Å². The molecule has 1 amide bonds. The molecule has 0 saturated carbocycles. The molecule has 1 aromatic carbocycles. The Hall–Kier alpha value is -1.69. The van der Waals surface area contributed by atoms with Crippen LogP contribution in [0.5, 0.6) is 5.75 Å². The minimum absolute atomic E-state index is 0.0161. The molecule has 1 atom stereocenters. The van der Waals surface area contributed by atoms with Crippen LogP contribution in [-0.2, 0) is 4.79 Å². The Morgan fingerprint density at radius 3 is 2.84 bits per heavy atom. The first-order valence-electron chi connectivity index (χ1n) is 6.08. The molecule has 106 valence electrons. The average molecular weight is 272 g/mol. The molecule has 1 aromatic rings. The molecular weight excluding hydrogens is 254 g/mol. The molecule has 19 heavy (non-hydrogen) atoms. The lowest BCUT2D eigenvalue weighted by atomic mass is 10.0. The van der Waals surface area contributed by atoms with Crippen molar-refractivity contribution in [2.45, 2.75) is 26.4 Å². The van der Waals surface area contributed by atoms with Gasteiger partial charge in [-0.2, -0.15) is 8.78 Å². The second kappa shape index (κ2) is 7.68. The number of ether oxygens (including phenoxy) is 1. The summed E-state index contributed by atoms with van der Waals surface area (Å²) in [5.41, 5.74) is 5.81. The van der Waals surface area contributed by atoms with Crippen LogP contribution in [0.15, 0.2) is 24.3 Å². The lowest BCUT2D eigenvalue weighted by Crippen LogP contribution is -2.21. The zero-order valence-electron chi connectivity index (χ0n) is 10.7. The number of alkyl halides is 2. The van der Waals surface area contributed by atoms with Crippen LogP contribution in [0.2, 0.25) is 0 Å². The first-order valence-corrected chi connectivity index (χ1v) is 6.08. The van der Waals surface area contributed by atoms with Crippen LogP contribution in [0.4, 0.5) is 14.5 Å². The molecule has 0 spiro atoms. The summed E-state index contributed by atoms with van der Waals surface area (Å²) in [7, 11) is 0. The summed E-state index contributed by atoms with van der Waals surface area (Å²) in [6.07, 6.45) is 1.46. The molecule has 1 unspecified atom stereocenters. The van der Waals surface area contributed by atoms with Gasteiger partial charge in [-0.15, -0.1) is 0 Å². The predicted molar refractivity (Wildman–Crippen MR) is 69.2 cm³/mol. The number of hydrogen-bond acceptors (Lipinski definition) is 3. The van der Waals surface area contributed by atoms with E-state index >= 15 is 0 Å². The van der Waals surface area contributed by atoms with E-state index in [0.717, 1.165) is 6.42 Å². The molecule has 0 heterocycles. The molecular formula is C13H18F2N2O2. The van der Waals surface area contributed by atoms with Crippen molar-refractivity contribution in [3.63, 3.8) is 0 Å². The van der Waals surface area contributed by atoms with Gasteiger partial charge in [0.25, 0.3) is 0 Å². The van der Waals surface area contributed by atoms with Crippen LogP contribution in [0, 0.1) is 5.92 Å². The average Bonchev–Trinajstić information content (AvgIpc) is 2.35. The molecule has 4 nitrogen and oxygen atoms in total. The van der Waals surface area contributed by atoms with E-state index in [9.17, 15) is 13.6 Å². The predicted octanol–water partition coefficient (Wildman–Crippen LogP) is 2.60. The summed E-state index contributed by atoms with van der Waals surface area (Å²) in [6.45, 7) is -0.547. The Morgan fingerprint density at radius 1 is 1.47 bits per heavy atom. The van der Waals surface area contributed by atoms with Crippen LogP contribution in [0.3, 0.4) is 0 Å². The maximum Gasteiger partial charge on any atom is 0.387 e. The van der Waals surface area contributed by atoms with E-state index in [0.29, 0.717) is 18.7 Å². The Kier molecular flexibility index (Phi) is 6.21. The molecule has 0 fully saturated rings. The monoisotopic (exact) mass is 272 g/mol. The molecule has 0 saturated heterocycles. The van der Waals surface area contributed by atoms with Crippen LogP contribution in [-0.4, -0.2) is 19.1 Å². The summed E-state index contributed by atoms with van der Waals surface area (Å²) < 4.78 is 28.4. The van der Waals surface area contributed by atoms with Gasteiger partial charge in [-0.3, -0.25) is 4.79 Å². The van der Waals surface area contributed by atoms with Crippen molar-refractivity contribution in [2.24, 2.45) is 11.7 Å². The molecule has 0 aliphatic rings. The standard InChI is InChI=1S/C13H18F2N2O2/c1-9(4-3-7-16)12(18)17-10-5-2-6-11(8-10)19-13(14)15/h2,5-6,8-9,13H,3-4,7,16H2,1H3,(H,17,18). The third-order valence-corrected chi connectivity index (χ3v) is 2.62. The van der Waals surface area contributed by atoms with Gasteiger partial charge in [0.1, 0.15) is 5.75 Å².